The van der Waals surface area contributed by atoms with E-state index >= 15 is 0 Å². The van der Waals surface area contributed by atoms with Gasteiger partial charge in [-0.05, 0) is 53.7 Å². The molecule has 1 amide bonds. The standard InChI is InChI=1S/C19H15N7O2/c1-13-23-24-25-26(13)16-6-3-5-15(11-16)22-19(27)14-4-2-7-17(10-14)28-18-12-20-8-9-21-18/h2-12H,1H3,(H,22,27). The fourth-order valence-electron chi connectivity index (χ4n) is 2.55. The quantitative estimate of drug-likeness (QED) is 0.573. The number of rotatable bonds is 5. The molecule has 2 aromatic heterocycles. The Labute approximate surface area is 160 Å². The number of carbonyl (C=O) groups is 1. The molecule has 9 heteroatoms. The first-order valence-corrected chi connectivity index (χ1v) is 8.40. The highest BCUT2D eigenvalue weighted by molar-refractivity contribution is 6.04. The molecule has 4 rings (SSSR count). The minimum atomic E-state index is -0.268. The van der Waals surface area contributed by atoms with Gasteiger partial charge in [-0.15, -0.1) is 5.10 Å². The van der Waals surface area contributed by atoms with Crippen LogP contribution in [0.25, 0.3) is 5.69 Å². The number of nitrogens with zero attached hydrogens (tertiary/aromatic N) is 6. The predicted molar refractivity (Wildman–Crippen MR) is 100 cm³/mol. The molecular formula is C19H15N7O2. The molecule has 0 aliphatic rings. The first-order chi connectivity index (χ1) is 13.7. The number of aryl methyl sites for hydroxylation is 1. The van der Waals surface area contributed by atoms with E-state index < -0.39 is 0 Å². The second-order valence-electron chi connectivity index (χ2n) is 5.82. The number of nitrogens with one attached hydrogen (secondary N) is 1. The average Bonchev–Trinajstić information content (AvgIpc) is 3.15. The Morgan fingerprint density at radius 1 is 1.11 bits per heavy atom. The van der Waals surface area contributed by atoms with Crippen molar-refractivity contribution in [1.82, 2.24) is 30.2 Å². The number of ether oxygens (including phenoxy) is 1. The van der Waals surface area contributed by atoms with E-state index in [2.05, 4.69) is 30.8 Å². The van der Waals surface area contributed by atoms with Gasteiger partial charge in [-0.2, -0.15) is 4.68 Å². The zero-order valence-electron chi connectivity index (χ0n) is 14.9. The summed E-state index contributed by atoms with van der Waals surface area (Å²) in [7, 11) is 0. The molecule has 28 heavy (non-hydrogen) atoms. The first-order valence-electron chi connectivity index (χ1n) is 8.40. The van der Waals surface area contributed by atoms with Crippen LogP contribution in [0.15, 0.2) is 67.1 Å². The van der Waals surface area contributed by atoms with E-state index in [0.29, 0.717) is 28.7 Å². The van der Waals surface area contributed by atoms with Gasteiger partial charge in [0.05, 0.1) is 11.9 Å². The van der Waals surface area contributed by atoms with Crippen molar-refractivity contribution in [2.24, 2.45) is 0 Å². The molecule has 9 nitrogen and oxygen atoms in total. The summed E-state index contributed by atoms with van der Waals surface area (Å²) in [6.45, 7) is 1.80. The molecule has 0 aliphatic carbocycles. The SMILES string of the molecule is Cc1nnnn1-c1cccc(NC(=O)c2cccc(Oc3cnccn3)c2)c1. The zero-order valence-corrected chi connectivity index (χ0v) is 14.9. The van der Waals surface area contributed by atoms with Crippen molar-refractivity contribution in [3.05, 3.63) is 78.5 Å². The number of aromatic nitrogens is 6. The van der Waals surface area contributed by atoms with Crippen LogP contribution in [0, 0.1) is 6.92 Å². The van der Waals surface area contributed by atoms with Crippen LogP contribution in [-0.2, 0) is 0 Å². The van der Waals surface area contributed by atoms with Crippen molar-refractivity contribution in [2.45, 2.75) is 6.92 Å². The third-order valence-corrected chi connectivity index (χ3v) is 3.83. The summed E-state index contributed by atoms with van der Waals surface area (Å²) in [5, 5.41) is 14.3. The lowest BCUT2D eigenvalue weighted by Crippen LogP contribution is -2.12. The Morgan fingerprint density at radius 2 is 2.00 bits per heavy atom. The summed E-state index contributed by atoms with van der Waals surface area (Å²) < 4.78 is 7.21. The van der Waals surface area contributed by atoms with Crippen LogP contribution >= 0.6 is 0 Å². The normalized spacial score (nSPS) is 10.5. The van der Waals surface area contributed by atoms with Gasteiger partial charge in [-0.25, -0.2) is 4.98 Å². The van der Waals surface area contributed by atoms with E-state index in [0.717, 1.165) is 5.69 Å². The molecule has 2 aromatic carbocycles. The van der Waals surface area contributed by atoms with Gasteiger partial charge in [-0.3, -0.25) is 9.78 Å². The van der Waals surface area contributed by atoms with E-state index in [1.165, 1.54) is 12.4 Å². The molecule has 0 radical (unpaired) electrons. The van der Waals surface area contributed by atoms with E-state index in [-0.39, 0.29) is 5.91 Å². The van der Waals surface area contributed by atoms with Crippen LogP contribution < -0.4 is 10.1 Å². The van der Waals surface area contributed by atoms with Crippen molar-refractivity contribution in [3.63, 3.8) is 0 Å². The van der Waals surface area contributed by atoms with E-state index in [1.807, 2.05) is 12.1 Å². The zero-order chi connectivity index (χ0) is 19.3. The summed E-state index contributed by atoms with van der Waals surface area (Å²) >= 11 is 0. The molecule has 138 valence electrons. The minimum Gasteiger partial charge on any atom is -0.437 e. The highest BCUT2D eigenvalue weighted by Crippen LogP contribution is 2.21. The topological polar surface area (TPSA) is 108 Å². The highest BCUT2D eigenvalue weighted by atomic mass is 16.5. The van der Waals surface area contributed by atoms with Crippen molar-refractivity contribution in [1.29, 1.82) is 0 Å². The minimum absolute atomic E-state index is 0.268. The fraction of sp³-hybridized carbons (Fsp3) is 0.0526. The van der Waals surface area contributed by atoms with Gasteiger partial charge in [-0.1, -0.05) is 12.1 Å². The molecule has 0 bridgehead atoms. The van der Waals surface area contributed by atoms with Gasteiger partial charge < -0.3 is 10.1 Å². The fourth-order valence-corrected chi connectivity index (χ4v) is 2.55. The van der Waals surface area contributed by atoms with Crippen molar-refractivity contribution < 1.29 is 9.53 Å². The largest absolute Gasteiger partial charge is 0.437 e. The summed E-state index contributed by atoms with van der Waals surface area (Å²) in [4.78, 5) is 20.6. The van der Waals surface area contributed by atoms with Gasteiger partial charge in [0.2, 0.25) is 5.88 Å². The molecule has 4 aromatic rings. The molecule has 0 spiro atoms. The van der Waals surface area contributed by atoms with Crippen molar-refractivity contribution >= 4 is 11.6 Å². The Bertz CT molecular complexity index is 1110. The van der Waals surface area contributed by atoms with Gasteiger partial charge in [0.25, 0.3) is 5.91 Å². The highest BCUT2D eigenvalue weighted by Gasteiger charge is 2.10. The molecule has 2 heterocycles. The van der Waals surface area contributed by atoms with Crippen LogP contribution in [0.3, 0.4) is 0 Å². The van der Waals surface area contributed by atoms with Crippen molar-refractivity contribution in [3.8, 4) is 17.3 Å². The summed E-state index contributed by atoms with van der Waals surface area (Å²) in [6.07, 6.45) is 4.59. The Hall–Kier alpha value is -4.14. The summed E-state index contributed by atoms with van der Waals surface area (Å²) in [5.41, 5.74) is 1.82. The van der Waals surface area contributed by atoms with Crippen LogP contribution in [0.2, 0.25) is 0 Å². The lowest BCUT2D eigenvalue weighted by molar-refractivity contribution is 0.102. The smallest absolute Gasteiger partial charge is 0.255 e. The monoisotopic (exact) mass is 373 g/mol. The van der Waals surface area contributed by atoms with Gasteiger partial charge >= 0.3 is 0 Å². The average molecular weight is 373 g/mol. The number of benzene rings is 2. The maximum absolute atomic E-state index is 12.6. The van der Waals surface area contributed by atoms with Gasteiger partial charge in [0.15, 0.2) is 5.82 Å². The first kappa shape index (κ1) is 17.3. The number of hydrogen-bond acceptors (Lipinski definition) is 7. The maximum Gasteiger partial charge on any atom is 0.255 e. The van der Waals surface area contributed by atoms with Gasteiger partial charge in [0, 0.05) is 23.6 Å². The molecule has 0 saturated carbocycles. The molecule has 1 N–H and O–H groups in total. The molecular weight excluding hydrogens is 358 g/mol. The third kappa shape index (κ3) is 3.83. The molecule has 0 atom stereocenters. The number of amides is 1. The van der Waals surface area contributed by atoms with E-state index in [4.69, 9.17) is 4.74 Å². The molecule has 0 unspecified atom stereocenters. The Morgan fingerprint density at radius 3 is 2.79 bits per heavy atom. The van der Waals surface area contributed by atoms with Crippen LogP contribution in [0.4, 0.5) is 5.69 Å². The lowest BCUT2D eigenvalue weighted by atomic mass is 10.2. The van der Waals surface area contributed by atoms with Crippen molar-refractivity contribution in [2.75, 3.05) is 5.32 Å². The number of carbonyl (C=O) groups excluding carboxylic acids is 1. The molecule has 0 fully saturated rings. The van der Waals surface area contributed by atoms with Crippen LogP contribution in [0.5, 0.6) is 11.6 Å². The maximum atomic E-state index is 12.6. The predicted octanol–water partition coefficient (Wildman–Crippen LogP) is 2.81. The lowest BCUT2D eigenvalue weighted by Gasteiger charge is -2.09. The Balaban J connectivity index is 1.51. The van der Waals surface area contributed by atoms with Gasteiger partial charge in [0.1, 0.15) is 5.75 Å². The van der Waals surface area contributed by atoms with E-state index in [1.54, 1.807) is 54.2 Å². The molecule has 0 saturated heterocycles. The van der Waals surface area contributed by atoms with Crippen LogP contribution in [0.1, 0.15) is 16.2 Å². The third-order valence-electron chi connectivity index (χ3n) is 3.83. The number of anilines is 1. The summed E-state index contributed by atoms with van der Waals surface area (Å²) in [6, 6.07) is 14.1. The second kappa shape index (κ2) is 7.62. The second-order valence-corrected chi connectivity index (χ2v) is 5.82. The summed E-state index contributed by atoms with van der Waals surface area (Å²) in [5.74, 6) is 1.23. The number of hydrogen-bond donors (Lipinski definition) is 1. The van der Waals surface area contributed by atoms with Crippen LogP contribution in [-0.4, -0.2) is 36.1 Å². The van der Waals surface area contributed by atoms with E-state index in [9.17, 15) is 4.79 Å². The Kier molecular flexibility index (Phi) is 4.70. The number of tetrazole rings is 1. The molecule has 0 aliphatic heterocycles.